The zero-order valence-electron chi connectivity index (χ0n) is 7.63. The summed E-state index contributed by atoms with van der Waals surface area (Å²) in [7, 11) is 0. The summed E-state index contributed by atoms with van der Waals surface area (Å²) in [6.07, 6.45) is 0.628. The molecule has 1 heterocycles. The van der Waals surface area contributed by atoms with Gasteiger partial charge in [-0.15, -0.1) is 0 Å². The van der Waals surface area contributed by atoms with E-state index >= 15 is 0 Å². The second-order valence-corrected chi connectivity index (χ2v) is 4.45. The minimum absolute atomic E-state index is 0.144. The fraction of sp³-hybridized carbons (Fsp3) is 0.400. The van der Waals surface area contributed by atoms with Gasteiger partial charge in [0.25, 0.3) is 0 Å². The Kier molecular flexibility index (Phi) is 2.51. The van der Waals surface area contributed by atoms with Crippen molar-refractivity contribution in [2.75, 3.05) is 13.1 Å². The summed E-state index contributed by atoms with van der Waals surface area (Å²) in [5, 5.41) is 23.1. The number of phenols is 1. The van der Waals surface area contributed by atoms with Crippen LogP contribution in [0.4, 0.5) is 0 Å². The Morgan fingerprint density at radius 2 is 2.21 bits per heavy atom. The minimum Gasteiger partial charge on any atom is -0.508 e. The molecule has 0 amide bonds. The van der Waals surface area contributed by atoms with E-state index in [1.54, 1.807) is 12.1 Å². The monoisotopic (exact) mass is 257 g/mol. The normalized spacial score (nSPS) is 26.7. The number of nitrogens with one attached hydrogen (secondary N) is 1. The van der Waals surface area contributed by atoms with Crippen LogP contribution in [0.3, 0.4) is 0 Å². The molecule has 14 heavy (non-hydrogen) atoms. The first-order valence-corrected chi connectivity index (χ1v) is 5.34. The molecule has 1 aliphatic heterocycles. The number of aromatic hydroxyl groups is 1. The highest BCUT2D eigenvalue weighted by Gasteiger charge is 2.36. The van der Waals surface area contributed by atoms with Gasteiger partial charge in [0.05, 0.1) is 0 Å². The van der Waals surface area contributed by atoms with Crippen molar-refractivity contribution in [3.8, 4) is 5.75 Å². The van der Waals surface area contributed by atoms with E-state index in [-0.39, 0.29) is 5.75 Å². The van der Waals surface area contributed by atoms with E-state index in [1.165, 1.54) is 0 Å². The summed E-state index contributed by atoms with van der Waals surface area (Å²) in [4.78, 5) is 0. The largest absolute Gasteiger partial charge is 0.508 e. The molecule has 0 aliphatic carbocycles. The summed E-state index contributed by atoms with van der Waals surface area (Å²) >= 11 is 3.34. The number of β-amino-alcohol motifs (C(OH)–C–C–N with tert-alkyl or cyclic N) is 1. The van der Waals surface area contributed by atoms with Gasteiger partial charge in [0.1, 0.15) is 11.4 Å². The second-order valence-electron chi connectivity index (χ2n) is 3.59. The van der Waals surface area contributed by atoms with Gasteiger partial charge < -0.3 is 15.5 Å². The third kappa shape index (κ3) is 1.54. The molecule has 1 unspecified atom stereocenters. The smallest absolute Gasteiger partial charge is 0.122 e. The fourth-order valence-corrected chi connectivity index (χ4v) is 2.59. The topological polar surface area (TPSA) is 52.5 Å². The third-order valence-corrected chi connectivity index (χ3v) is 3.25. The second kappa shape index (κ2) is 3.53. The molecule has 1 aromatic carbocycles. The number of benzene rings is 1. The standard InChI is InChI=1S/C10H12BrNO2/c11-7-2-1-3-8(13)9(7)10(14)4-5-12-6-10/h1-3,12-14H,4-6H2. The van der Waals surface area contributed by atoms with Crippen molar-refractivity contribution < 1.29 is 10.2 Å². The lowest BCUT2D eigenvalue weighted by molar-refractivity contribution is 0.0554. The lowest BCUT2D eigenvalue weighted by atomic mass is 9.92. The fourth-order valence-electron chi connectivity index (χ4n) is 1.87. The van der Waals surface area contributed by atoms with Crippen molar-refractivity contribution >= 4 is 15.9 Å². The van der Waals surface area contributed by atoms with Crippen LogP contribution >= 0.6 is 15.9 Å². The van der Waals surface area contributed by atoms with E-state index in [0.717, 1.165) is 11.0 Å². The predicted octanol–water partition coefficient (Wildman–Crippen LogP) is 1.34. The van der Waals surface area contributed by atoms with Crippen molar-refractivity contribution in [3.63, 3.8) is 0 Å². The highest BCUT2D eigenvalue weighted by molar-refractivity contribution is 9.10. The van der Waals surface area contributed by atoms with Crippen LogP contribution < -0.4 is 5.32 Å². The Bertz CT molecular complexity index is 328. The molecule has 0 bridgehead atoms. The lowest BCUT2D eigenvalue weighted by Crippen LogP contribution is -2.28. The maximum Gasteiger partial charge on any atom is 0.122 e. The van der Waals surface area contributed by atoms with Gasteiger partial charge in [-0.05, 0) is 25.1 Å². The van der Waals surface area contributed by atoms with Crippen molar-refractivity contribution in [1.82, 2.24) is 5.32 Å². The summed E-state index contributed by atoms with van der Waals surface area (Å²) < 4.78 is 0.753. The highest BCUT2D eigenvalue weighted by atomic mass is 79.9. The quantitative estimate of drug-likeness (QED) is 0.712. The Morgan fingerprint density at radius 1 is 1.43 bits per heavy atom. The first-order valence-electron chi connectivity index (χ1n) is 4.54. The third-order valence-electron chi connectivity index (χ3n) is 2.59. The number of halogens is 1. The minimum atomic E-state index is -0.940. The van der Waals surface area contributed by atoms with Gasteiger partial charge in [-0.1, -0.05) is 22.0 Å². The van der Waals surface area contributed by atoms with Crippen molar-refractivity contribution in [1.29, 1.82) is 0 Å². The molecule has 0 saturated carbocycles. The van der Waals surface area contributed by atoms with E-state index in [1.807, 2.05) is 6.07 Å². The van der Waals surface area contributed by atoms with Crippen LogP contribution in [0, 0.1) is 0 Å². The van der Waals surface area contributed by atoms with Gasteiger partial charge in [-0.3, -0.25) is 0 Å². The molecule has 3 N–H and O–H groups in total. The molecule has 4 heteroatoms. The van der Waals surface area contributed by atoms with E-state index in [0.29, 0.717) is 18.5 Å². The van der Waals surface area contributed by atoms with Gasteiger partial charge in [0.15, 0.2) is 0 Å². The van der Waals surface area contributed by atoms with Crippen molar-refractivity contribution in [2.24, 2.45) is 0 Å². The van der Waals surface area contributed by atoms with Crippen LogP contribution in [0.25, 0.3) is 0 Å². The van der Waals surface area contributed by atoms with Gasteiger partial charge in [-0.25, -0.2) is 0 Å². The van der Waals surface area contributed by atoms with E-state index < -0.39 is 5.60 Å². The maximum absolute atomic E-state index is 10.3. The Morgan fingerprint density at radius 3 is 2.79 bits per heavy atom. The average molecular weight is 258 g/mol. The summed E-state index contributed by atoms with van der Waals surface area (Å²) in [6.45, 7) is 1.26. The zero-order chi connectivity index (χ0) is 10.2. The molecule has 1 saturated heterocycles. The number of phenolic OH excluding ortho intramolecular Hbond substituents is 1. The number of hydrogen-bond donors (Lipinski definition) is 3. The molecular weight excluding hydrogens is 246 g/mol. The summed E-state index contributed by atoms with van der Waals surface area (Å²) in [5.41, 5.74) is -0.352. The summed E-state index contributed by atoms with van der Waals surface area (Å²) in [5.74, 6) is 0.144. The van der Waals surface area contributed by atoms with E-state index in [4.69, 9.17) is 0 Å². The molecular formula is C10H12BrNO2. The average Bonchev–Trinajstić information content (AvgIpc) is 2.52. The number of hydrogen-bond acceptors (Lipinski definition) is 3. The number of rotatable bonds is 1. The number of aliphatic hydroxyl groups is 1. The van der Waals surface area contributed by atoms with Crippen LogP contribution in [0.2, 0.25) is 0 Å². The molecule has 0 spiro atoms. The predicted molar refractivity (Wildman–Crippen MR) is 57.2 cm³/mol. The van der Waals surface area contributed by atoms with Crippen LogP contribution in [0.15, 0.2) is 22.7 Å². The van der Waals surface area contributed by atoms with Crippen molar-refractivity contribution in [3.05, 3.63) is 28.2 Å². The van der Waals surface area contributed by atoms with Crippen LogP contribution in [-0.2, 0) is 5.60 Å². The molecule has 2 rings (SSSR count). The zero-order valence-corrected chi connectivity index (χ0v) is 9.21. The van der Waals surface area contributed by atoms with Crippen LogP contribution in [0.1, 0.15) is 12.0 Å². The maximum atomic E-state index is 10.3. The molecule has 3 nitrogen and oxygen atoms in total. The van der Waals surface area contributed by atoms with Gasteiger partial charge >= 0.3 is 0 Å². The first-order chi connectivity index (χ1) is 6.63. The highest BCUT2D eigenvalue weighted by Crippen LogP contribution is 2.38. The van der Waals surface area contributed by atoms with Gasteiger partial charge in [-0.2, -0.15) is 0 Å². The lowest BCUT2D eigenvalue weighted by Gasteiger charge is -2.24. The Hall–Kier alpha value is -0.580. The molecule has 1 aromatic rings. The van der Waals surface area contributed by atoms with Crippen molar-refractivity contribution in [2.45, 2.75) is 12.0 Å². The first kappa shape index (κ1) is 9.96. The van der Waals surface area contributed by atoms with Gasteiger partial charge in [0.2, 0.25) is 0 Å². The Labute approximate surface area is 90.9 Å². The molecule has 0 radical (unpaired) electrons. The Balaban J connectivity index is 2.49. The van der Waals surface area contributed by atoms with Crippen LogP contribution in [0.5, 0.6) is 5.75 Å². The SMILES string of the molecule is Oc1cccc(Br)c1C1(O)CCNC1. The van der Waals surface area contributed by atoms with Crippen LogP contribution in [-0.4, -0.2) is 23.3 Å². The van der Waals surface area contributed by atoms with E-state index in [2.05, 4.69) is 21.2 Å². The van der Waals surface area contributed by atoms with Gasteiger partial charge in [0, 0.05) is 16.6 Å². The molecule has 1 atom stereocenters. The summed E-state index contributed by atoms with van der Waals surface area (Å²) in [6, 6.07) is 5.16. The molecule has 76 valence electrons. The van der Waals surface area contributed by atoms with E-state index in [9.17, 15) is 10.2 Å². The molecule has 0 aromatic heterocycles. The molecule has 1 aliphatic rings. The molecule has 1 fully saturated rings.